The number of fused-ring (bicyclic) bond motifs is 1. The molecule has 11 heteroatoms. The monoisotopic (exact) mass is 544 g/mol. The Hall–Kier alpha value is -3.30. The topological polar surface area (TPSA) is 96.9 Å². The Balaban J connectivity index is 1.60. The van der Waals surface area contributed by atoms with Gasteiger partial charge in [-0.25, -0.2) is 17.8 Å². The molecule has 2 aromatic heterocycles. The zero-order valence-corrected chi connectivity index (χ0v) is 20.8. The van der Waals surface area contributed by atoms with Crippen molar-refractivity contribution in [1.82, 2.24) is 19.5 Å². The number of halogens is 3. The molecule has 3 aromatic carbocycles. The van der Waals surface area contributed by atoms with Crippen LogP contribution in [0, 0.1) is 0 Å². The highest BCUT2D eigenvalue weighted by Gasteiger charge is 2.24. The molecule has 2 N–H and O–H groups in total. The molecule has 0 atom stereocenters. The Kier molecular flexibility index (Phi) is 6.06. The van der Waals surface area contributed by atoms with Crippen molar-refractivity contribution in [3.05, 3.63) is 99.8 Å². The first-order valence-corrected chi connectivity index (χ1v) is 12.8. The molecule has 35 heavy (non-hydrogen) atoms. The van der Waals surface area contributed by atoms with E-state index in [0.29, 0.717) is 26.4 Å². The van der Waals surface area contributed by atoms with Gasteiger partial charge in [0.1, 0.15) is 0 Å². The third-order valence-electron chi connectivity index (χ3n) is 5.31. The maximum Gasteiger partial charge on any atom is 0.285 e. The molecule has 0 aliphatic rings. The number of nitrogens with one attached hydrogen (secondary N) is 2. The number of aromatic amines is 1. The summed E-state index contributed by atoms with van der Waals surface area (Å²) in [5.74, 6) is -0.889. The minimum absolute atomic E-state index is 0.101. The van der Waals surface area contributed by atoms with Crippen LogP contribution in [0.4, 0.5) is 0 Å². The van der Waals surface area contributed by atoms with Gasteiger partial charge in [-0.2, -0.15) is 5.10 Å². The van der Waals surface area contributed by atoms with E-state index in [-0.39, 0.29) is 10.6 Å². The Bertz CT molecular complexity index is 1690. The summed E-state index contributed by atoms with van der Waals surface area (Å²) in [7, 11) is -4.15. The van der Waals surface area contributed by atoms with Crippen LogP contribution in [0.3, 0.4) is 0 Å². The van der Waals surface area contributed by atoms with Crippen molar-refractivity contribution >= 4 is 61.6 Å². The third-order valence-corrected chi connectivity index (χ3v) is 7.64. The zero-order chi connectivity index (χ0) is 24.7. The van der Waals surface area contributed by atoms with Gasteiger partial charge in [-0.1, -0.05) is 53.0 Å². The molecule has 0 saturated heterocycles. The Labute approximate surface area is 215 Å². The number of aromatic nitrogens is 3. The van der Waals surface area contributed by atoms with Gasteiger partial charge in [0.15, 0.2) is 5.69 Å². The van der Waals surface area contributed by atoms with E-state index in [1.165, 1.54) is 35.0 Å². The molecule has 1 amide bonds. The van der Waals surface area contributed by atoms with Crippen LogP contribution in [0.15, 0.2) is 83.9 Å². The van der Waals surface area contributed by atoms with Crippen molar-refractivity contribution in [1.29, 1.82) is 0 Å². The molecule has 2 heterocycles. The number of rotatable bonds is 5. The van der Waals surface area contributed by atoms with Crippen LogP contribution in [-0.2, 0) is 10.0 Å². The van der Waals surface area contributed by atoms with E-state index >= 15 is 0 Å². The van der Waals surface area contributed by atoms with E-state index in [9.17, 15) is 13.2 Å². The molecule has 0 fully saturated rings. The van der Waals surface area contributed by atoms with E-state index in [1.807, 2.05) is 24.3 Å². The van der Waals surface area contributed by atoms with E-state index in [1.54, 1.807) is 24.4 Å². The predicted octanol–water partition coefficient (Wildman–Crippen LogP) is 6.10. The van der Waals surface area contributed by atoms with Crippen molar-refractivity contribution in [2.24, 2.45) is 0 Å². The third kappa shape index (κ3) is 4.53. The number of carbonyl (C=O) groups excluding carboxylic acids is 1. The summed E-state index contributed by atoms with van der Waals surface area (Å²) in [6.45, 7) is 0. The lowest BCUT2D eigenvalue weighted by molar-refractivity contribution is 0.0976. The number of H-pyrrole nitrogens is 1. The van der Waals surface area contributed by atoms with Crippen LogP contribution in [0.1, 0.15) is 10.5 Å². The van der Waals surface area contributed by atoms with Gasteiger partial charge in [-0.05, 0) is 54.6 Å². The number of sulfonamides is 1. The Morgan fingerprint density at radius 2 is 1.66 bits per heavy atom. The van der Waals surface area contributed by atoms with Crippen LogP contribution in [0.25, 0.3) is 27.8 Å². The van der Waals surface area contributed by atoms with Gasteiger partial charge in [-0.15, -0.1) is 0 Å². The quantitative estimate of drug-likeness (QED) is 0.279. The molecule has 5 aromatic rings. The molecular weight excluding hydrogens is 531 g/mol. The summed E-state index contributed by atoms with van der Waals surface area (Å²) in [5.41, 5.74) is 2.64. The van der Waals surface area contributed by atoms with Crippen LogP contribution < -0.4 is 4.72 Å². The molecule has 0 aliphatic carbocycles. The summed E-state index contributed by atoms with van der Waals surface area (Å²) >= 11 is 18.1. The number of hydrogen-bond donors (Lipinski definition) is 2. The summed E-state index contributed by atoms with van der Waals surface area (Å²) in [6.07, 6.45) is 1.79. The standard InChI is InChI=1S/C24H15Cl3N4O3S/c25-14-5-8-16(9-6-14)35(33,34)30-24(32)22-12-23(18-13-28-21-4-2-1-3-17(18)21)31(29-22)15-7-10-19(26)20(27)11-15/h1-13,28H,(H,30,32). The maximum absolute atomic E-state index is 13.0. The lowest BCUT2D eigenvalue weighted by Gasteiger charge is -2.08. The second kappa shape index (κ2) is 9.05. The fourth-order valence-corrected chi connectivity index (χ4v) is 5.01. The SMILES string of the molecule is O=C(NS(=O)(=O)c1ccc(Cl)cc1)c1cc(-c2c[nH]c3ccccc23)n(-c2ccc(Cl)c(Cl)c2)n1. The van der Waals surface area contributed by atoms with Crippen molar-refractivity contribution < 1.29 is 13.2 Å². The van der Waals surface area contributed by atoms with Gasteiger partial charge in [0.25, 0.3) is 15.9 Å². The second-order valence-corrected chi connectivity index (χ2v) is 10.5. The number of amides is 1. The highest BCUT2D eigenvalue weighted by molar-refractivity contribution is 7.90. The first-order chi connectivity index (χ1) is 16.7. The smallest absolute Gasteiger partial charge is 0.285 e. The van der Waals surface area contributed by atoms with Crippen molar-refractivity contribution in [3.8, 4) is 16.9 Å². The minimum Gasteiger partial charge on any atom is -0.360 e. The summed E-state index contributed by atoms with van der Waals surface area (Å²) in [6, 6.07) is 19.6. The van der Waals surface area contributed by atoms with Gasteiger partial charge >= 0.3 is 0 Å². The van der Waals surface area contributed by atoms with Crippen molar-refractivity contribution in [3.63, 3.8) is 0 Å². The number of benzene rings is 3. The van der Waals surface area contributed by atoms with Gasteiger partial charge in [0.05, 0.1) is 26.3 Å². The number of nitrogens with zero attached hydrogens (tertiary/aromatic N) is 2. The largest absolute Gasteiger partial charge is 0.360 e. The maximum atomic E-state index is 13.0. The minimum atomic E-state index is -4.15. The van der Waals surface area contributed by atoms with Crippen LogP contribution >= 0.6 is 34.8 Å². The van der Waals surface area contributed by atoms with Gasteiger partial charge in [0.2, 0.25) is 0 Å². The highest BCUT2D eigenvalue weighted by Crippen LogP contribution is 2.32. The molecule has 0 spiro atoms. The summed E-state index contributed by atoms with van der Waals surface area (Å²) < 4.78 is 29.0. The van der Waals surface area contributed by atoms with Crippen LogP contribution in [-0.4, -0.2) is 29.1 Å². The molecule has 0 radical (unpaired) electrons. The van der Waals surface area contributed by atoms with E-state index in [0.717, 1.165) is 16.5 Å². The van der Waals surface area contributed by atoms with Crippen molar-refractivity contribution in [2.75, 3.05) is 0 Å². The lowest BCUT2D eigenvalue weighted by atomic mass is 10.1. The van der Waals surface area contributed by atoms with Gasteiger partial charge in [0, 0.05) is 27.7 Å². The first-order valence-electron chi connectivity index (χ1n) is 10.2. The molecule has 0 bridgehead atoms. The first kappa shape index (κ1) is 23.4. The van der Waals surface area contributed by atoms with Crippen LogP contribution in [0.5, 0.6) is 0 Å². The highest BCUT2D eigenvalue weighted by atomic mass is 35.5. The molecule has 176 valence electrons. The average Bonchev–Trinajstić information content (AvgIpc) is 3.45. The molecular formula is C24H15Cl3N4O3S. The van der Waals surface area contributed by atoms with E-state index in [2.05, 4.69) is 14.8 Å². The number of para-hydroxylation sites is 1. The summed E-state index contributed by atoms with van der Waals surface area (Å²) in [4.78, 5) is 16.1. The fourth-order valence-electron chi connectivity index (χ4n) is 3.63. The van der Waals surface area contributed by atoms with E-state index in [4.69, 9.17) is 34.8 Å². The summed E-state index contributed by atoms with van der Waals surface area (Å²) in [5, 5.41) is 6.35. The molecule has 5 rings (SSSR count). The predicted molar refractivity (Wildman–Crippen MR) is 137 cm³/mol. The van der Waals surface area contributed by atoms with E-state index < -0.39 is 15.9 Å². The zero-order valence-electron chi connectivity index (χ0n) is 17.7. The average molecular weight is 546 g/mol. The molecule has 0 aliphatic heterocycles. The normalized spacial score (nSPS) is 11.6. The van der Waals surface area contributed by atoms with Gasteiger partial charge < -0.3 is 4.98 Å². The Morgan fingerprint density at radius 1 is 0.914 bits per heavy atom. The fraction of sp³-hybridized carbons (Fsp3) is 0. The molecule has 0 unspecified atom stereocenters. The number of carbonyl (C=O) groups is 1. The Morgan fingerprint density at radius 3 is 2.40 bits per heavy atom. The molecule has 0 saturated carbocycles. The van der Waals surface area contributed by atoms with Crippen molar-refractivity contribution in [2.45, 2.75) is 4.90 Å². The molecule has 7 nitrogen and oxygen atoms in total. The van der Waals surface area contributed by atoms with Gasteiger partial charge in [-0.3, -0.25) is 4.79 Å². The van der Waals surface area contributed by atoms with Crippen LogP contribution in [0.2, 0.25) is 15.1 Å². The number of hydrogen-bond acceptors (Lipinski definition) is 4. The second-order valence-electron chi connectivity index (χ2n) is 7.56. The lowest BCUT2D eigenvalue weighted by Crippen LogP contribution is -2.31.